The van der Waals surface area contributed by atoms with Crippen molar-refractivity contribution in [1.82, 2.24) is 10.2 Å². The first-order chi connectivity index (χ1) is 6.25. The van der Waals surface area contributed by atoms with Crippen LogP contribution in [0, 0.1) is 6.92 Å². The van der Waals surface area contributed by atoms with Gasteiger partial charge >= 0.3 is 0 Å². The van der Waals surface area contributed by atoms with Gasteiger partial charge in [0.15, 0.2) is 0 Å². The summed E-state index contributed by atoms with van der Waals surface area (Å²) in [6, 6.07) is 0.153. The molecule has 0 amide bonds. The predicted octanol–water partition coefficient (Wildman–Crippen LogP) is 0.557. The van der Waals surface area contributed by atoms with E-state index in [9.17, 15) is 0 Å². The van der Waals surface area contributed by atoms with E-state index < -0.39 is 0 Å². The molecule has 2 heterocycles. The van der Waals surface area contributed by atoms with Crippen LogP contribution in [0.3, 0.4) is 0 Å². The molecule has 1 fully saturated rings. The number of nitrogens with two attached hydrogens (primary N) is 1. The summed E-state index contributed by atoms with van der Waals surface area (Å²) in [6.45, 7) is 2.34. The fourth-order valence-electron chi connectivity index (χ4n) is 1.41. The van der Waals surface area contributed by atoms with Gasteiger partial charge in [-0.25, -0.2) is 0 Å². The molecule has 2 atom stereocenters. The number of aromatic nitrogens is 2. The topological polar surface area (TPSA) is 74.2 Å². The molecule has 0 saturated carbocycles. The van der Waals surface area contributed by atoms with Gasteiger partial charge in [-0.2, -0.15) is 0 Å². The van der Waals surface area contributed by atoms with Crippen molar-refractivity contribution in [3.8, 4) is 0 Å². The van der Waals surface area contributed by atoms with Gasteiger partial charge in [0.1, 0.15) is 6.10 Å². The van der Waals surface area contributed by atoms with Crippen LogP contribution in [0.2, 0.25) is 0 Å². The fourth-order valence-corrected chi connectivity index (χ4v) is 1.41. The molecule has 0 bridgehead atoms. The summed E-state index contributed by atoms with van der Waals surface area (Å²) in [6.07, 6.45) is 1.76. The number of hydrogen-bond acceptors (Lipinski definition) is 5. The van der Waals surface area contributed by atoms with Gasteiger partial charge in [-0.3, -0.25) is 0 Å². The van der Waals surface area contributed by atoms with Crippen LogP contribution in [0.15, 0.2) is 4.42 Å². The Morgan fingerprint density at radius 1 is 1.38 bits per heavy atom. The van der Waals surface area contributed by atoms with Gasteiger partial charge in [-0.1, -0.05) is 0 Å². The molecule has 1 aromatic heterocycles. The lowest BCUT2D eigenvalue weighted by Crippen LogP contribution is -2.32. The summed E-state index contributed by atoms with van der Waals surface area (Å²) in [5.41, 5.74) is 5.69. The Morgan fingerprint density at radius 3 is 2.77 bits per heavy atom. The van der Waals surface area contributed by atoms with Gasteiger partial charge < -0.3 is 14.9 Å². The minimum absolute atomic E-state index is 0.0546. The van der Waals surface area contributed by atoms with Crippen LogP contribution in [-0.4, -0.2) is 22.8 Å². The lowest BCUT2D eigenvalue weighted by atomic mass is 10.1. The Labute approximate surface area is 76.3 Å². The fraction of sp³-hybridized carbons (Fsp3) is 0.750. The molecule has 1 saturated heterocycles. The van der Waals surface area contributed by atoms with Gasteiger partial charge in [-0.15, -0.1) is 10.2 Å². The van der Waals surface area contributed by atoms with Gasteiger partial charge in [-0.05, 0) is 12.8 Å². The Bertz CT molecular complexity index is 279. The number of nitrogens with zero attached hydrogens (tertiary/aromatic N) is 2. The minimum atomic E-state index is -0.0546. The average Bonchev–Trinajstić information content (AvgIpc) is 2.53. The zero-order chi connectivity index (χ0) is 9.26. The second-order valence-electron chi connectivity index (χ2n) is 3.32. The highest BCUT2D eigenvalue weighted by Gasteiger charge is 2.24. The molecular formula is C8H13N3O2. The number of ether oxygens (including phenoxy) is 1. The maximum Gasteiger partial charge on any atom is 0.245 e. The standard InChI is InChI=1S/C8H13N3O2/c1-5-10-11-8(13-5)7-3-2-6(9)4-12-7/h6-7H,2-4,9H2,1H3/t6?,7-/m0/s1. The highest BCUT2D eigenvalue weighted by molar-refractivity contribution is 4.88. The van der Waals surface area contributed by atoms with E-state index in [0.29, 0.717) is 18.4 Å². The molecular weight excluding hydrogens is 170 g/mol. The zero-order valence-electron chi connectivity index (χ0n) is 7.56. The second kappa shape index (κ2) is 3.43. The molecule has 72 valence electrons. The lowest BCUT2D eigenvalue weighted by Gasteiger charge is -2.23. The van der Waals surface area contributed by atoms with E-state index in [-0.39, 0.29) is 12.1 Å². The molecule has 1 aliphatic heterocycles. The summed E-state index contributed by atoms with van der Waals surface area (Å²) in [4.78, 5) is 0. The van der Waals surface area contributed by atoms with E-state index in [4.69, 9.17) is 14.9 Å². The molecule has 5 nitrogen and oxygen atoms in total. The molecule has 0 aliphatic carbocycles. The first-order valence-electron chi connectivity index (χ1n) is 4.43. The van der Waals surface area contributed by atoms with Crippen molar-refractivity contribution in [3.63, 3.8) is 0 Å². The van der Waals surface area contributed by atoms with Crippen LogP contribution in [0.4, 0.5) is 0 Å². The van der Waals surface area contributed by atoms with Gasteiger partial charge in [0.25, 0.3) is 0 Å². The average molecular weight is 183 g/mol. The van der Waals surface area contributed by atoms with Crippen molar-refractivity contribution in [2.45, 2.75) is 31.9 Å². The Morgan fingerprint density at radius 2 is 2.23 bits per heavy atom. The van der Waals surface area contributed by atoms with Crippen LogP contribution in [0.25, 0.3) is 0 Å². The Hall–Kier alpha value is -0.940. The summed E-state index contributed by atoms with van der Waals surface area (Å²) < 4.78 is 10.7. The molecule has 1 aliphatic rings. The third kappa shape index (κ3) is 1.87. The van der Waals surface area contributed by atoms with Crippen molar-refractivity contribution in [3.05, 3.63) is 11.8 Å². The van der Waals surface area contributed by atoms with Crippen LogP contribution in [0.5, 0.6) is 0 Å². The van der Waals surface area contributed by atoms with Crippen LogP contribution >= 0.6 is 0 Å². The second-order valence-corrected chi connectivity index (χ2v) is 3.32. The minimum Gasteiger partial charge on any atom is -0.423 e. The summed E-state index contributed by atoms with van der Waals surface area (Å²) in [5.74, 6) is 1.15. The first-order valence-corrected chi connectivity index (χ1v) is 4.43. The molecule has 1 aromatic rings. The smallest absolute Gasteiger partial charge is 0.245 e. The summed E-state index contributed by atoms with van der Waals surface area (Å²) in [7, 11) is 0. The summed E-state index contributed by atoms with van der Waals surface area (Å²) >= 11 is 0. The maximum absolute atomic E-state index is 5.69. The lowest BCUT2D eigenvalue weighted by molar-refractivity contribution is -0.0117. The highest BCUT2D eigenvalue weighted by atomic mass is 16.5. The van der Waals surface area contributed by atoms with Crippen LogP contribution in [-0.2, 0) is 4.74 Å². The van der Waals surface area contributed by atoms with Crippen LogP contribution < -0.4 is 5.73 Å². The Balaban J connectivity index is 2.02. The van der Waals surface area contributed by atoms with E-state index >= 15 is 0 Å². The third-order valence-electron chi connectivity index (χ3n) is 2.13. The number of hydrogen-bond donors (Lipinski definition) is 1. The normalized spacial score (nSPS) is 29.1. The van der Waals surface area contributed by atoms with Crippen molar-refractivity contribution >= 4 is 0 Å². The highest BCUT2D eigenvalue weighted by Crippen LogP contribution is 2.25. The van der Waals surface area contributed by atoms with Crippen molar-refractivity contribution in [2.24, 2.45) is 5.73 Å². The zero-order valence-corrected chi connectivity index (χ0v) is 7.56. The van der Waals surface area contributed by atoms with Gasteiger partial charge in [0, 0.05) is 13.0 Å². The molecule has 0 radical (unpaired) electrons. The Kier molecular flexibility index (Phi) is 2.28. The quantitative estimate of drug-likeness (QED) is 0.688. The van der Waals surface area contributed by atoms with E-state index in [1.54, 1.807) is 6.92 Å². The van der Waals surface area contributed by atoms with Gasteiger partial charge in [0.05, 0.1) is 6.61 Å². The van der Waals surface area contributed by atoms with E-state index in [2.05, 4.69) is 10.2 Å². The maximum atomic E-state index is 5.69. The summed E-state index contributed by atoms with van der Waals surface area (Å²) in [5, 5.41) is 7.66. The molecule has 0 spiro atoms. The van der Waals surface area contributed by atoms with E-state index in [0.717, 1.165) is 12.8 Å². The molecule has 0 aromatic carbocycles. The first kappa shape index (κ1) is 8.65. The predicted molar refractivity (Wildman–Crippen MR) is 44.9 cm³/mol. The SMILES string of the molecule is Cc1nnc([C@@H]2CCC(N)CO2)o1. The van der Waals surface area contributed by atoms with E-state index in [1.807, 2.05) is 0 Å². The van der Waals surface area contributed by atoms with Crippen molar-refractivity contribution < 1.29 is 9.15 Å². The molecule has 2 N–H and O–H groups in total. The van der Waals surface area contributed by atoms with Gasteiger partial charge in [0.2, 0.25) is 11.8 Å². The largest absolute Gasteiger partial charge is 0.423 e. The van der Waals surface area contributed by atoms with Crippen molar-refractivity contribution in [2.75, 3.05) is 6.61 Å². The number of rotatable bonds is 1. The van der Waals surface area contributed by atoms with Crippen molar-refractivity contribution in [1.29, 1.82) is 0 Å². The third-order valence-corrected chi connectivity index (χ3v) is 2.13. The molecule has 2 rings (SSSR count). The van der Waals surface area contributed by atoms with E-state index in [1.165, 1.54) is 0 Å². The number of aryl methyl sites for hydroxylation is 1. The van der Waals surface area contributed by atoms with Crippen LogP contribution in [0.1, 0.15) is 30.7 Å². The molecule has 1 unspecified atom stereocenters. The monoisotopic (exact) mass is 183 g/mol. The molecule has 13 heavy (non-hydrogen) atoms. The molecule has 5 heteroatoms.